The molecule has 0 spiro atoms. The Kier molecular flexibility index (Phi) is 1.87. The van der Waals surface area contributed by atoms with E-state index in [-0.39, 0.29) is 0 Å². The van der Waals surface area contributed by atoms with Crippen LogP contribution in [0.3, 0.4) is 0 Å². The van der Waals surface area contributed by atoms with E-state index in [0.29, 0.717) is 0 Å². The maximum atomic E-state index is 4.42. The summed E-state index contributed by atoms with van der Waals surface area (Å²) in [5, 5.41) is 5.32. The van der Waals surface area contributed by atoms with Crippen LogP contribution in [0.25, 0.3) is 10.2 Å². The first-order valence-electron chi connectivity index (χ1n) is 4.86. The lowest BCUT2D eigenvalue weighted by Crippen LogP contribution is -2.06. The lowest BCUT2D eigenvalue weighted by atomic mass is 10.4. The van der Waals surface area contributed by atoms with Gasteiger partial charge in [0.25, 0.3) is 0 Å². The van der Waals surface area contributed by atoms with E-state index in [0.717, 1.165) is 28.6 Å². The van der Waals surface area contributed by atoms with Crippen molar-refractivity contribution in [2.45, 2.75) is 12.8 Å². The number of rotatable bonds is 3. The highest BCUT2D eigenvalue weighted by Crippen LogP contribution is 2.28. The Balaban J connectivity index is 1.81. The average molecular weight is 205 g/mol. The molecule has 0 radical (unpaired) electrons. The number of thiophene rings is 1. The number of hydrogen-bond donors (Lipinski definition) is 1. The van der Waals surface area contributed by atoms with Crippen LogP contribution in [0.2, 0.25) is 0 Å². The molecule has 0 amide bonds. The first-order chi connectivity index (χ1) is 6.92. The highest BCUT2D eigenvalue weighted by molar-refractivity contribution is 7.17. The van der Waals surface area contributed by atoms with Gasteiger partial charge in [-0.3, -0.25) is 0 Å². The topological polar surface area (TPSA) is 37.8 Å². The Morgan fingerprint density at radius 2 is 2.43 bits per heavy atom. The molecule has 0 aliphatic heterocycles. The van der Waals surface area contributed by atoms with Gasteiger partial charge in [-0.1, -0.05) is 0 Å². The number of nitrogens with one attached hydrogen (secondary N) is 1. The number of aromatic nitrogens is 2. The molecular formula is C10H11N3S. The molecule has 2 heterocycles. The standard InChI is InChI=1S/C10H11N3S/c1-2-7(1)5-11-10-12-6-9-8(13-10)3-4-14-9/h3-4,6-7H,1-2,5H2,(H,11,12,13). The van der Waals surface area contributed by atoms with Crippen LogP contribution in [0.1, 0.15) is 12.8 Å². The largest absolute Gasteiger partial charge is 0.354 e. The smallest absolute Gasteiger partial charge is 0.223 e. The van der Waals surface area contributed by atoms with Crippen LogP contribution in [0.4, 0.5) is 5.95 Å². The van der Waals surface area contributed by atoms with Crippen LogP contribution in [0, 0.1) is 5.92 Å². The van der Waals surface area contributed by atoms with Crippen molar-refractivity contribution in [2.75, 3.05) is 11.9 Å². The monoisotopic (exact) mass is 205 g/mol. The SMILES string of the molecule is c1cc2nc(NCC3CC3)ncc2s1. The Morgan fingerprint density at radius 3 is 3.29 bits per heavy atom. The van der Waals surface area contributed by atoms with E-state index < -0.39 is 0 Å². The van der Waals surface area contributed by atoms with Gasteiger partial charge in [0, 0.05) is 6.54 Å². The van der Waals surface area contributed by atoms with Crippen molar-refractivity contribution in [3.63, 3.8) is 0 Å². The molecule has 14 heavy (non-hydrogen) atoms. The molecule has 1 fully saturated rings. The Morgan fingerprint density at radius 1 is 1.50 bits per heavy atom. The molecular weight excluding hydrogens is 194 g/mol. The molecule has 1 N–H and O–H groups in total. The van der Waals surface area contributed by atoms with Gasteiger partial charge < -0.3 is 5.32 Å². The molecule has 4 heteroatoms. The summed E-state index contributed by atoms with van der Waals surface area (Å²) in [4.78, 5) is 8.69. The lowest BCUT2D eigenvalue weighted by Gasteiger charge is -2.01. The van der Waals surface area contributed by atoms with Crippen molar-refractivity contribution in [2.24, 2.45) is 5.92 Å². The van der Waals surface area contributed by atoms with Crippen molar-refractivity contribution >= 4 is 27.5 Å². The van der Waals surface area contributed by atoms with Crippen LogP contribution in [0.5, 0.6) is 0 Å². The van der Waals surface area contributed by atoms with Gasteiger partial charge in [0.2, 0.25) is 5.95 Å². The fourth-order valence-corrected chi connectivity index (χ4v) is 2.10. The predicted molar refractivity (Wildman–Crippen MR) is 58.6 cm³/mol. The summed E-state index contributed by atoms with van der Waals surface area (Å²) in [6.07, 6.45) is 4.60. The summed E-state index contributed by atoms with van der Waals surface area (Å²) >= 11 is 1.68. The summed E-state index contributed by atoms with van der Waals surface area (Å²) in [6, 6.07) is 2.03. The quantitative estimate of drug-likeness (QED) is 0.836. The van der Waals surface area contributed by atoms with Crippen LogP contribution in [-0.4, -0.2) is 16.5 Å². The molecule has 2 aromatic rings. The maximum absolute atomic E-state index is 4.42. The molecule has 3 nitrogen and oxygen atoms in total. The summed E-state index contributed by atoms with van der Waals surface area (Å²) in [5.41, 5.74) is 1.04. The third-order valence-corrected chi connectivity index (χ3v) is 3.29. The zero-order chi connectivity index (χ0) is 9.38. The van der Waals surface area contributed by atoms with Crippen molar-refractivity contribution in [3.8, 4) is 0 Å². The fourth-order valence-electron chi connectivity index (χ4n) is 1.41. The third kappa shape index (κ3) is 1.57. The van der Waals surface area contributed by atoms with Gasteiger partial charge >= 0.3 is 0 Å². The maximum Gasteiger partial charge on any atom is 0.223 e. The van der Waals surface area contributed by atoms with E-state index in [1.165, 1.54) is 12.8 Å². The molecule has 72 valence electrons. The normalized spacial score (nSPS) is 16.0. The Bertz CT molecular complexity index is 447. The first kappa shape index (κ1) is 8.17. The second-order valence-corrected chi connectivity index (χ2v) is 4.64. The summed E-state index contributed by atoms with van der Waals surface area (Å²) in [5.74, 6) is 1.62. The van der Waals surface area contributed by atoms with Gasteiger partial charge in [0.1, 0.15) is 0 Å². The van der Waals surface area contributed by atoms with Crippen molar-refractivity contribution < 1.29 is 0 Å². The zero-order valence-electron chi connectivity index (χ0n) is 7.73. The second kappa shape index (κ2) is 3.20. The van der Waals surface area contributed by atoms with Crippen molar-refractivity contribution in [1.82, 2.24) is 9.97 Å². The minimum Gasteiger partial charge on any atom is -0.354 e. The van der Waals surface area contributed by atoms with Gasteiger partial charge in [-0.05, 0) is 30.2 Å². The number of anilines is 1. The Hall–Kier alpha value is -1.16. The molecule has 1 saturated carbocycles. The molecule has 0 aromatic carbocycles. The van der Waals surface area contributed by atoms with Crippen molar-refractivity contribution in [3.05, 3.63) is 17.6 Å². The van der Waals surface area contributed by atoms with E-state index in [1.807, 2.05) is 17.6 Å². The minimum absolute atomic E-state index is 0.766. The summed E-state index contributed by atoms with van der Waals surface area (Å²) in [7, 11) is 0. The highest BCUT2D eigenvalue weighted by atomic mass is 32.1. The number of fused-ring (bicyclic) bond motifs is 1. The van der Waals surface area contributed by atoms with E-state index in [9.17, 15) is 0 Å². The molecule has 3 rings (SSSR count). The van der Waals surface area contributed by atoms with Gasteiger partial charge in [-0.2, -0.15) is 0 Å². The van der Waals surface area contributed by atoms with Gasteiger partial charge in [0.05, 0.1) is 16.4 Å². The lowest BCUT2D eigenvalue weighted by molar-refractivity contribution is 0.876. The fraction of sp³-hybridized carbons (Fsp3) is 0.400. The summed E-state index contributed by atoms with van der Waals surface area (Å²) < 4.78 is 1.15. The van der Waals surface area contributed by atoms with E-state index in [4.69, 9.17) is 0 Å². The second-order valence-electron chi connectivity index (χ2n) is 3.69. The average Bonchev–Trinajstić information content (AvgIpc) is 2.92. The van der Waals surface area contributed by atoms with E-state index in [1.54, 1.807) is 11.3 Å². The van der Waals surface area contributed by atoms with Gasteiger partial charge in [-0.15, -0.1) is 11.3 Å². The third-order valence-electron chi connectivity index (χ3n) is 2.45. The molecule has 0 atom stereocenters. The zero-order valence-corrected chi connectivity index (χ0v) is 8.55. The van der Waals surface area contributed by atoms with Crippen LogP contribution in [0.15, 0.2) is 17.6 Å². The molecule has 0 saturated heterocycles. The molecule has 0 bridgehead atoms. The van der Waals surface area contributed by atoms with Crippen LogP contribution >= 0.6 is 11.3 Å². The van der Waals surface area contributed by atoms with E-state index >= 15 is 0 Å². The van der Waals surface area contributed by atoms with E-state index in [2.05, 4.69) is 15.3 Å². The molecule has 2 aromatic heterocycles. The van der Waals surface area contributed by atoms with Gasteiger partial charge in [0.15, 0.2) is 0 Å². The molecule has 0 unspecified atom stereocenters. The highest BCUT2D eigenvalue weighted by Gasteiger charge is 2.20. The van der Waals surface area contributed by atoms with Crippen molar-refractivity contribution in [1.29, 1.82) is 0 Å². The molecule has 1 aliphatic carbocycles. The summed E-state index contributed by atoms with van der Waals surface area (Å²) in [6.45, 7) is 1.02. The molecule has 1 aliphatic rings. The number of nitrogens with zero attached hydrogens (tertiary/aromatic N) is 2. The minimum atomic E-state index is 0.766. The Labute approximate surface area is 86.2 Å². The van der Waals surface area contributed by atoms with Crippen LogP contribution in [-0.2, 0) is 0 Å². The first-order valence-corrected chi connectivity index (χ1v) is 5.74. The van der Waals surface area contributed by atoms with Gasteiger partial charge in [-0.25, -0.2) is 9.97 Å². The predicted octanol–water partition coefficient (Wildman–Crippen LogP) is 2.51. The number of hydrogen-bond acceptors (Lipinski definition) is 4. The van der Waals surface area contributed by atoms with Crippen LogP contribution < -0.4 is 5.32 Å².